The average molecular weight is 370 g/mol. The minimum atomic E-state index is -3.59. The summed E-state index contributed by atoms with van der Waals surface area (Å²) in [5, 5.41) is 0.933. The summed E-state index contributed by atoms with van der Waals surface area (Å²) in [4.78, 5) is 15.3. The van der Waals surface area contributed by atoms with E-state index in [1.807, 2.05) is 45.0 Å². The Morgan fingerprint density at radius 2 is 1.73 bits per heavy atom. The number of hydrogen-bond donors (Lipinski definition) is 2. The Kier molecular flexibility index (Phi) is 4.98. The van der Waals surface area contributed by atoms with Crippen molar-refractivity contribution >= 4 is 20.9 Å². The van der Waals surface area contributed by atoms with Gasteiger partial charge in [-0.3, -0.25) is 4.79 Å². The lowest BCUT2D eigenvalue weighted by atomic mass is 10.1. The van der Waals surface area contributed by atoms with Crippen LogP contribution in [0.2, 0.25) is 0 Å². The fraction of sp³-hybridized carbons (Fsp3) is 0.250. The molecule has 0 saturated heterocycles. The highest BCUT2D eigenvalue weighted by atomic mass is 32.2. The van der Waals surface area contributed by atoms with Gasteiger partial charge in [0.15, 0.2) is 0 Å². The van der Waals surface area contributed by atoms with Gasteiger partial charge in [-0.2, -0.15) is 0 Å². The van der Waals surface area contributed by atoms with Crippen molar-refractivity contribution in [3.63, 3.8) is 0 Å². The van der Waals surface area contributed by atoms with E-state index in [4.69, 9.17) is 0 Å². The first-order chi connectivity index (χ1) is 12.3. The Labute approximate surface area is 153 Å². The molecule has 6 heteroatoms. The molecular weight excluding hydrogens is 348 g/mol. The van der Waals surface area contributed by atoms with Crippen molar-refractivity contribution in [1.82, 2.24) is 9.71 Å². The van der Waals surface area contributed by atoms with Crippen molar-refractivity contribution < 1.29 is 8.42 Å². The number of nitrogens with one attached hydrogen (secondary N) is 2. The number of aromatic amines is 1. The smallest absolute Gasteiger partial charge is 0.251 e. The zero-order valence-corrected chi connectivity index (χ0v) is 15.9. The molecule has 0 aliphatic heterocycles. The van der Waals surface area contributed by atoms with Gasteiger partial charge in [-0.25, -0.2) is 13.1 Å². The van der Waals surface area contributed by atoms with E-state index < -0.39 is 10.0 Å². The Balaban J connectivity index is 1.75. The Hall–Kier alpha value is -2.44. The predicted octanol–water partition coefficient (Wildman–Crippen LogP) is 2.97. The molecule has 2 N–H and O–H groups in total. The lowest BCUT2D eigenvalue weighted by molar-refractivity contribution is 0.581. The normalized spacial score (nSPS) is 11.8. The summed E-state index contributed by atoms with van der Waals surface area (Å²) in [5.74, 6) is 0. The summed E-state index contributed by atoms with van der Waals surface area (Å²) < 4.78 is 27.4. The summed E-state index contributed by atoms with van der Waals surface area (Å²) in [7, 11) is -3.59. The summed E-state index contributed by atoms with van der Waals surface area (Å²) in [6, 6.07) is 12.7. The maximum atomic E-state index is 12.4. The highest BCUT2D eigenvalue weighted by Gasteiger charge is 2.14. The SMILES string of the molecule is Cc1ccc2cc(CCNS(=O)(=O)c3ccc(C)c(C)c3)c(=O)[nH]c2c1. The predicted molar refractivity (Wildman–Crippen MR) is 104 cm³/mol. The number of H-pyrrole nitrogens is 1. The van der Waals surface area contributed by atoms with Crippen LogP contribution < -0.4 is 10.3 Å². The van der Waals surface area contributed by atoms with Gasteiger partial charge in [0.25, 0.3) is 5.56 Å². The molecule has 0 amide bonds. The van der Waals surface area contributed by atoms with Crippen molar-refractivity contribution in [3.05, 3.63) is 75.1 Å². The lowest BCUT2D eigenvalue weighted by Gasteiger charge is -2.09. The molecule has 0 fully saturated rings. The number of hydrogen-bond acceptors (Lipinski definition) is 3. The van der Waals surface area contributed by atoms with Crippen LogP contribution in [0.4, 0.5) is 0 Å². The van der Waals surface area contributed by atoms with Crippen LogP contribution in [0, 0.1) is 20.8 Å². The number of rotatable bonds is 5. The maximum Gasteiger partial charge on any atom is 0.251 e. The standard InChI is InChI=1S/C20H22N2O3S/c1-13-4-6-16-12-17(20(23)22-19(16)10-13)8-9-21-26(24,25)18-7-5-14(2)15(3)11-18/h4-7,10-12,21H,8-9H2,1-3H3,(H,22,23). The van der Waals surface area contributed by atoms with Crippen LogP contribution in [-0.2, 0) is 16.4 Å². The molecule has 1 aromatic heterocycles. The molecule has 3 rings (SSSR count). The van der Waals surface area contributed by atoms with Crippen molar-refractivity contribution in [1.29, 1.82) is 0 Å². The van der Waals surface area contributed by atoms with Crippen LogP contribution in [0.5, 0.6) is 0 Å². The minimum Gasteiger partial charge on any atom is -0.322 e. The van der Waals surface area contributed by atoms with Crippen molar-refractivity contribution in [2.45, 2.75) is 32.1 Å². The highest BCUT2D eigenvalue weighted by Crippen LogP contribution is 2.15. The second-order valence-corrected chi connectivity index (χ2v) is 8.38. The zero-order chi connectivity index (χ0) is 18.9. The second kappa shape index (κ2) is 7.05. The molecule has 5 nitrogen and oxygen atoms in total. The lowest BCUT2D eigenvalue weighted by Crippen LogP contribution is -2.27. The first-order valence-electron chi connectivity index (χ1n) is 8.46. The monoisotopic (exact) mass is 370 g/mol. The quantitative estimate of drug-likeness (QED) is 0.725. The van der Waals surface area contributed by atoms with Gasteiger partial charge < -0.3 is 4.98 Å². The fourth-order valence-corrected chi connectivity index (χ4v) is 3.95. The van der Waals surface area contributed by atoms with E-state index >= 15 is 0 Å². The van der Waals surface area contributed by atoms with E-state index in [-0.39, 0.29) is 17.0 Å². The molecule has 0 radical (unpaired) electrons. The molecule has 1 heterocycles. The van der Waals surface area contributed by atoms with Gasteiger partial charge in [-0.15, -0.1) is 0 Å². The third-order valence-electron chi connectivity index (χ3n) is 4.55. The van der Waals surface area contributed by atoms with E-state index in [0.29, 0.717) is 12.0 Å². The first kappa shape index (κ1) is 18.4. The third-order valence-corrected chi connectivity index (χ3v) is 6.01. The molecule has 0 saturated carbocycles. The molecular formula is C20H22N2O3S. The van der Waals surface area contributed by atoms with Gasteiger partial charge >= 0.3 is 0 Å². The molecule has 136 valence electrons. The molecule has 0 atom stereocenters. The van der Waals surface area contributed by atoms with Crippen LogP contribution >= 0.6 is 0 Å². The van der Waals surface area contributed by atoms with Crippen molar-refractivity contribution in [3.8, 4) is 0 Å². The van der Waals surface area contributed by atoms with E-state index in [0.717, 1.165) is 27.6 Å². The topological polar surface area (TPSA) is 79.0 Å². The molecule has 0 spiro atoms. The number of pyridine rings is 1. The maximum absolute atomic E-state index is 12.4. The highest BCUT2D eigenvalue weighted by molar-refractivity contribution is 7.89. The van der Waals surface area contributed by atoms with Crippen LogP contribution in [0.25, 0.3) is 10.9 Å². The van der Waals surface area contributed by atoms with Crippen LogP contribution in [0.1, 0.15) is 22.3 Å². The summed E-state index contributed by atoms with van der Waals surface area (Å²) in [6.07, 6.45) is 0.323. The van der Waals surface area contributed by atoms with Crippen molar-refractivity contribution in [2.24, 2.45) is 0 Å². The third kappa shape index (κ3) is 3.86. The summed E-state index contributed by atoms with van der Waals surface area (Å²) >= 11 is 0. The number of aromatic nitrogens is 1. The van der Waals surface area contributed by atoms with Crippen molar-refractivity contribution in [2.75, 3.05) is 6.54 Å². The van der Waals surface area contributed by atoms with Gasteiger partial charge in [0.2, 0.25) is 10.0 Å². The molecule has 2 aromatic carbocycles. The molecule has 0 bridgehead atoms. The number of sulfonamides is 1. The Morgan fingerprint density at radius 3 is 2.46 bits per heavy atom. The largest absolute Gasteiger partial charge is 0.322 e. The first-order valence-corrected chi connectivity index (χ1v) is 9.94. The van der Waals surface area contributed by atoms with Gasteiger partial charge in [-0.05, 0) is 73.5 Å². The van der Waals surface area contributed by atoms with Crippen LogP contribution in [-0.4, -0.2) is 19.9 Å². The number of aryl methyl sites for hydroxylation is 3. The summed E-state index contributed by atoms with van der Waals surface area (Å²) in [6.45, 7) is 5.94. The fourth-order valence-electron chi connectivity index (χ4n) is 2.83. The molecule has 0 aliphatic carbocycles. The van der Waals surface area contributed by atoms with E-state index in [1.54, 1.807) is 18.2 Å². The van der Waals surface area contributed by atoms with Crippen LogP contribution in [0.15, 0.2) is 52.2 Å². The number of benzene rings is 2. The minimum absolute atomic E-state index is 0.162. The van der Waals surface area contributed by atoms with Crippen LogP contribution in [0.3, 0.4) is 0 Å². The Bertz CT molecular complexity index is 1130. The van der Waals surface area contributed by atoms with Gasteiger partial charge in [-0.1, -0.05) is 18.2 Å². The molecule has 0 aliphatic rings. The average Bonchev–Trinajstić information content (AvgIpc) is 2.57. The summed E-state index contributed by atoms with van der Waals surface area (Å²) in [5.41, 5.74) is 4.20. The van der Waals surface area contributed by atoms with Gasteiger partial charge in [0.1, 0.15) is 0 Å². The van der Waals surface area contributed by atoms with E-state index in [2.05, 4.69) is 9.71 Å². The molecule has 0 unspecified atom stereocenters. The second-order valence-electron chi connectivity index (χ2n) is 6.61. The van der Waals surface area contributed by atoms with E-state index in [9.17, 15) is 13.2 Å². The zero-order valence-electron chi connectivity index (χ0n) is 15.1. The van der Waals surface area contributed by atoms with Gasteiger partial charge in [0.05, 0.1) is 4.90 Å². The Morgan fingerprint density at radius 1 is 0.962 bits per heavy atom. The van der Waals surface area contributed by atoms with E-state index in [1.165, 1.54) is 0 Å². The number of fused-ring (bicyclic) bond motifs is 1. The molecule has 26 heavy (non-hydrogen) atoms. The van der Waals surface area contributed by atoms with Gasteiger partial charge in [0, 0.05) is 17.6 Å². The molecule has 3 aromatic rings.